The zero-order chi connectivity index (χ0) is 28.6. The van der Waals surface area contributed by atoms with E-state index < -0.39 is 28.6 Å². The van der Waals surface area contributed by atoms with Crippen molar-refractivity contribution in [1.82, 2.24) is 0 Å². The number of benzene rings is 3. The lowest BCUT2D eigenvalue weighted by atomic mass is 9.92. The highest BCUT2D eigenvalue weighted by molar-refractivity contribution is 5.92. The van der Waals surface area contributed by atoms with Gasteiger partial charge in [-0.15, -0.1) is 0 Å². The van der Waals surface area contributed by atoms with Crippen molar-refractivity contribution >= 4 is 16.9 Å². The molecule has 0 spiro atoms. The van der Waals surface area contributed by atoms with Crippen molar-refractivity contribution in [2.45, 2.75) is 32.3 Å². The number of aromatic hydroxyl groups is 5. The minimum atomic E-state index is -0.977. The van der Waals surface area contributed by atoms with E-state index in [0.717, 1.165) is 48.4 Å². The van der Waals surface area contributed by atoms with Crippen LogP contribution in [-0.2, 0) is 6.42 Å². The van der Waals surface area contributed by atoms with E-state index in [9.17, 15) is 35.1 Å². The van der Waals surface area contributed by atoms with Gasteiger partial charge < -0.3 is 44.5 Å². The molecule has 0 amide bonds. The summed E-state index contributed by atoms with van der Waals surface area (Å²) in [6, 6.07) is 8.88. The van der Waals surface area contributed by atoms with Gasteiger partial charge in [0, 0.05) is 23.3 Å². The molecule has 0 saturated heterocycles. The number of phenolic OH excluding ortho intramolecular Hbond substituents is 4. The van der Waals surface area contributed by atoms with Crippen molar-refractivity contribution in [3.63, 3.8) is 0 Å². The van der Waals surface area contributed by atoms with Crippen molar-refractivity contribution in [1.29, 1.82) is 0 Å². The third-order valence-corrected chi connectivity index (χ3v) is 6.19. The van der Waals surface area contributed by atoms with Crippen LogP contribution in [0.3, 0.4) is 0 Å². The molecule has 1 aliphatic rings. The molecule has 3 aromatic carbocycles. The summed E-state index contributed by atoms with van der Waals surface area (Å²) in [6.07, 6.45) is 1.62. The quantitative estimate of drug-likeness (QED) is 0.202. The lowest BCUT2D eigenvalue weighted by molar-refractivity contribution is 0.0690. The number of methoxy groups -OCH3 is 1. The van der Waals surface area contributed by atoms with Crippen LogP contribution < -0.4 is 14.9 Å². The molecule has 0 saturated carbocycles. The first-order valence-electron chi connectivity index (χ1n) is 11.7. The van der Waals surface area contributed by atoms with Crippen molar-refractivity contribution in [2.24, 2.45) is 0 Å². The normalized spacial score (nSPS) is 13.5. The fraction of sp³-hybridized carbons (Fsp3) is 0.214. The molecule has 4 aromatic rings. The van der Waals surface area contributed by atoms with E-state index in [-0.39, 0.29) is 45.0 Å². The summed E-state index contributed by atoms with van der Waals surface area (Å²) >= 11 is 0. The lowest BCUT2D eigenvalue weighted by Crippen LogP contribution is -2.32. The van der Waals surface area contributed by atoms with Gasteiger partial charge in [-0.2, -0.15) is 0 Å². The Bertz CT molecular complexity index is 1650. The topological polar surface area (TPSA) is 187 Å². The van der Waals surface area contributed by atoms with Crippen molar-refractivity contribution in [3.8, 4) is 51.6 Å². The number of phenols is 4. The van der Waals surface area contributed by atoms with Gasteiger partial charge in [-0.05, 0) is 57.0 Å². The Hall–Kier alpha value is -5.06. The van der Waals surface area contributed by atoms with Crippen LogP contribution in [-0.4, -0.2) is 49.3 Å². The van der Waals surface area contributed by atoms with Crippen LogP contribution in [0.5, 0.6) is 40.2 Å². The molecule has 6 N–H and O–H groups in total. The number of hydrogen-bond acceptors (Lipinski definition) is 10. The van der Waals surface area contributed by atoms with Crippen LogP contribution >= 0.6 is 0 Å². The monoisotopic (exact) mass is 538 g/mol. The van der Waals surface area contributed by atoms with E-state index >= 15 is 0 Å². The Morgan fingerprint density at radius 1 is 0.949 bits per heavy atom. The van der Waals surface area contributed by atoms with E-state index in [0.29, 0.717) is 5.75 Å². The summed E-state index contributed by atoms with van der Waals surface area (Å²) in [5.74, 6) is -2.54. The van der Waals surface area contributed by atoms with Gasteiger partial charge in [-0.25, -0.2) is 4.79 Å². The molecular formula is C28H26O11. The van der Waals surface area contributed by atoms with E-state index in [2.05, 4.69) is 0 Å². The number of hydrogen-bond donors (Lipinski definition) is 6. The summed E-state index contributed by atoms with van der Waals surface area (Å²) in [4.78, 5) is 23.2. The Morgan fingerprint density at radius 3 is 2.31 bits per heavy atom. The molecule has 1 aromatic heterocycles. The highest BCUT2D eigenvalue weighted by atomic mass is 16.5. The number of ether oxygens (including phenoxy) is 2. The number of aromatic carboxylic acids is 1. The second-order valence-corrected chi connectivity index (χ2v) is 9.44. The first kappa shape index (κ1) is 27.0. The number of fused-ring (bicyclic) bond motifs is 2. The molecule has 0 aliphatic carbocycles. The molecule has 11 heteroatoms. The van der Waals surface area contributed by atoms with Crippen LogP contribution in [0.4, 0.5) is 0 Å². The smallest absolute Gasteiger partial charge is 0.339 e. The number of carboxylic acids is 1. The van der Waals surface area contributed by atoms with Gasteiger partial charge in [0.05, 0.1) is 7.11 Å². The second kappa shape index (κ2) is 10.0. The van der Waals surface area contributed by atoms with Crippen LogP contribution in [0.15, 0.2) is 51.7 Å². The van der Waals surface area contributed by atoms with Crippen LogP contribution in [0.25, 0.3) is 22.3 Å². The van der Waals surface area contributed by atoms with Gasteiger partial charge in [0.15, 0.2) is 17.3 Å². The van der Waals surface area contributed by atoms with Crippen LogP contribution in [0.2, 0.25) is 0 Å². The standard InChI is InChI=1S/C15H10O7.C13H16O4/c16-7-4-10(19)12-11(5-7)22-15(14(21)13(12)20)6-1-2-8(17)9(18)3-6;1-13(2)7-6-8-10(17-13)5-4-9(12(14)15)11(8)16-3/h1-5,16-19,21H;4-5H,6-7H2,1-3H3,(H,14,15). The van der Waals surface area contributed by atoms with Crippen LogP contribution in [0, 0.1) is 0 Å². The molecule has 0 atom stereocenters. The maximum atomic E-state index is 12.1. The highest BCUT2D eigenvalue weighted by Gasteiger charge is 2.30. The van der Waals surface area contributed by atoms with Gasteiger partial charge in [-0.3, -0.25) is 4.79 Å². The van der Waals surface area contributed by atoms with Crippen molar-refractivity contribution in [2.75, 3.05) is 7.11 Å². The van der Waals surface area contributed by atoms with Crippen LogP contribution in [0.1, 0.15) is 36.2 Å². The zero-order valence-corrected chi connectivity index (χ0v) is 21.2. The van der Waals surface area contributed by atoms with E-state index in [4.69, 9.17) is 19.0 Å². The predicted molar refractivity (Wildman–Crippen MR) is 139 cm³/mol. The molecule has 0 fully saturated rings. The highest BCUT2D eigenvalue weighted by Crippen LogP contribution is 2.40. The molecule has 2 heterocycles. The molecule has 0 bridgehead atoms. The molecule has 39 heavy (non-hydrogen) atoms. The molecule has 5 rings (SSSR count). The molecule has 0 unspecified atom stereocenters. The number of rotatable bonds is 3. The Kier molecular flexibility index (Phi) is 6.93. The Morgan fingerprint density at radius 2 is 1.67 bits per heavy atom. The van der Waals surface area contributed by atoms with E-state index in [1.807, 2.05) is 13.8 Å². The third-order valence-electron chi connectivity index (χ3n) is 6.19. The maximum Gasteiger partial charge on any atom is 0.339 e. The average Bonchev–Trinajstić information content (AvgIpc) is 2.86. The molecule has 11 nitrogen and oxygen atoms in total. The molecule has 1 aliphatic heterocycles. The fourth-order valence-electron chi connectivity index (χ4n) is 4.25. The zero-order valence-electron chi connectivity index (χ0n) is 21.2. The number of carbonyl (C=O) groups is 1. The summed E-state index contributed by atoms with van der Waals surface area (Å²) in [6.45, 7) is 4.04. The number of carboxylic acid groups (broad SMARTS) is 1. The summed E-state index contributed by atoms with van der Waals surface area (Å²) in [7, 11) is 1.49. The Labute approximate surface area is 221 Å². The fourth-order valence-corrected chi connectivity index (χ4v) is 4.25. The van der Waals surface area contributed by atoms with Gasteiger partial charge in [0.2, 0.25) is 11.2 Å². The third kappa shape index (κ3) is 5.19. The minimum Gasteiger partial charge on any atom is -0.508 e. The van der Waals surface area contributed by atoms with E-state index in [1.54, 1.807) is 6.07 Å². The maximum absolute atomic E-state index is 12.1. The first-order chi connectivity index (χ1) is 18.3. The molecular weight excluding hydrogens is 512 g/mol. The predicted octanol–water partition coefficient (Wildman–Crippen LogP) is 4.49. The van der Waals surface area contributed by atoms with Crippen molar-refractivity contribution in [3.05, 3.63) is 63.8 Å². The second-order valence-electron chi connectivity index (χ2n) is 9.44. The Balaban J connectivity index is 0.000000187. The first-order valence-corrected chi connectivity index (χ1v) is 11.7. The molecule has 204 valence electrons. The molecule has 0 radical (unpaired) electrons. The summed E-state index contributed by atoms with van der Waals surface area (Å²) < 4.78 is 16.4. The summed E-state index contributed by atoms with van der Waals surface area (Å²) in [5.41, 5.74) is -0.0527. The van der Waals surface area contributed by atoms with Gasteiger partial charge in [0.25, 0.3) is 0 Å². The largest absolute Gasteiger partial charge is 0.508 e. The SMILES string of the molecule is COc1c(C(=O)O)ccc2c1CCC(C)(C)O2.O=c1c(O)c(-c2ccc(O)c(O)c2)oc2cc(O)cc(O)c12. The van der Waals surface area contributed by atoms with E-state index in [1.165, 1.54) is 19.2 Å². The van der Waals surface area contributed by atoms with Gasteiger partial charge in [0.1, 0.15) is 45.1 Å². The average molecular weight is 539 g/mol. The van der Waals surface area contributed by atoms with Gasteiger partial charge in [-0.1, -0.05) is 0 Å². The minimum absolute atomic E-state index is 0.134. The van der Waals surface area contributed by atoms with Crippen molar-refractivity contribution < 1.29 is 49.3 Å². The lowest BCUT2D eigenvalue weighted by Gasteiger charge is -2.33. The van der Waals surface area contributed by atoms with Gasteiger partial charge >= 0.3 is 5.97 Å². The summed E-state index contributed by atoms with van der Waals surface area (Å²) in [5, 5.41) is 56.7.